The maximum atomic E-state index is 11.3. The summed E-state index contributed by atoms with van der Waals surface area (Å²) in [7, 11) is 0. The molecule has 1 aliphatic carbocycles. The van der Waals surface area contributed by atoms with Gasteiger partial charge in [0.2, 0.25) is 0 Å². The third kappa shape index (κ3) is 3.23. The Kier molecular flexibility index (Phi) is 5.01. The van der Waals surface area contributed by atoms with Crippen molar-refractivity contribution < 1.29 is 9.90 Å². The van der Waals surface area contributed by atoms with E-state index < -0.39 is 5.97 Å². The summed E-state index contributed by atoms with van der Waals surface area (Å²) in [5.74, 6) is 0.218. The molecule has 4 nitrogen and oxygen atoms in total. The van der Waals surface area contributed by atoms with Crippen LogP contribution in [-0.4, -0.2) is 47.7 Å². The number of rotatable bonds is 4. The molecule has 0 bridgehead atoms. The highest BCUT2D eigenvalue weighted by molar-refractivity contribution is 5.74. The molecule has 1 atom stereocenters. The number of carboxylic acids is 1. The van der Waals surface area contributed by atoms with Gasteiger partial charge in [-0.2, -0.15) is 0 Å². The van der Waals surface area contributed by atoms with Crippen LogP contribution in [0.3, 0.4) is 0 Å². The van der Waals surface area contributed by atoms with Crippen molar-refractivity contribution in [1.82, 2.24) is 10.2 Å². The number of piperazine rings is 1. The average Bonchev–Trinajstić information content (AvgIpc) is 2.40. The van der Waals surface area contributed by atoms with Crippen molar-refractivity contribution in [1.29, 1.82) is 0 Å². The molecule has 2 N–H and O–H groups in total. The fourth-order valence-electron chi connectivity index (χ4n) is 3.56. The van der Waals surface area contributed by atoms with E-state index in [9.17, 15) is 9.90 Å². The van der Waals surface area contributed by atoms with Crippen molar-refractivity contribution in [2.75, 3.05) is 19.6 Å². The number of hydrogen-bond donors (Lipinski definition) is 2. The first-order valence-electron chi connectivity index (χ1n) is 7.41. The van der Waals surface area contributed by atoms with Gasteiger partial charge in [-0.3, -0.25) is 9.69 Å². The maximum absolute atomic E-state index is 11.3. The molecule has 1 unspecified atom stereocenters. The molecule has 104 valence electrons. The van der Waals surface area contributed by atoms with Crippen molar-refractivity contribution in [3.8, 4) is 0 Å². The molecule has 0 spiro atoms. The Balaban J connectivity index is 1.88. The van der Waals surface area contributed by atoms with Crippen LogP contribution in [0.25, 0.3) is 0 Å². The smallest absolute Gasteiger partial charge is 0.322 e. The van der Waals surface area contributed by atoms with Gasteiger partial charge in [0, 0.05) is 25.7 Å². The van der Waals surface area contributed by atoms with Crippen LogP contribution in [0.5, 0.6) is 0 Å². The molecule has 2 rings (SSSR count). The lowest BCUT2D eigenvalue weighted by Crippen LogP contribution is -2.58. The Morgan fingerprint density at radius 1 is 1.33 bits per heavy atom. The molecule has 4 heteroatoms. The van der Waals surface area contributed by atoms with Crippen molar-refractivity contribution in [3.05, 3.63) is 0 Å². The second kappa shape index (κ2) is 6.53. The summed E-state index contributed by atoms with van der Waals surface area (Å²) in [6, 6.07) is 0.188. The van der Waals surface area contributed by atoms with Crippen LogP contribution in [0.1, 0.15) is 45.4 Å². The van der Waals surface area contributed by atoms with Gasteiger partial charge in [-0.25, -0.2) is 0 Å². The SMILES string of the molecule is CCCC1CCC(N2CCNCC2C(=O)O)CC1. The number of nitrogens with one attached hydrogen (secondary N) is 1. The average molecular weight is 254 g/mol. The molecule has 2 fully saturated rings. The largest absolute Gasteiger partial charge is 0.480 e. The summed E-state index contributed by atoms with van der Waals surface area (Å²) in [4.78, 5) is 13.5. The van der Waals surface area contributed by atoms with Crippen LogP contribution in [0, 0.1) is 5.92 Å². The van der Waals surface area contributed by atoms with Gasteiger partial charge in [0.15, 0.2) is 0 Å². The first-order chi connectivity index (χ1) is 8.72. The Morgan fingerprint density at radius 3 is 2.67 bits per heavy atom. The highest BCUT2D eigenvalue weighted by Gasteiger charge is 2.35. The minimum Gasteiger partial charge on any atom is -0.480 e. The van der Waals surface area contributed by atoms with E-state index in [1.54, 1.807) is 0 Å². The van der Waals surface area contributed by atoms with Crippen molar-refractivity contribution in [3.63, 3.8) is 0 Å². The van der Waals surface area contributed by atoms with Gasteiger partial charge in [-0.05, 0) is 31.6 Å². The molecule has 0 aromatic heterocycles. The van der Waals surface area contributed by atoms with E-state index in [-0.39, 0.29) is 6.04 Å². The summed E-state index contributed by atoms with van der Waals surface area (Å²) in [5.41, 5.74) is 0. The topological polar surface area (TPSA) is 52.6 Å². The van der Waals surface area contributed by atoms with E-state index in [0.29, 0.717) is 12.6 Å². The van der Waals surface area contributed by atoms with E-state index in [4.69, 9.17) is 0 Å². The Hall–Kier alpha value is -0.610. The third-order valence-electron chi connectivity index (χ3n) is 4.55. The van der Waals surface area contributed by atoms with E-state index in [1.807, 2.05) is 0 Å². The van der Waals surface area contributed by atoms with Gasteiger partial charge in [0.05, 0.1) is 0 Å². The quantitative estimate of drug-likeness (QED) is 0.802. The normalized spacial score (nSPS) is 34.4. The van der Waals surface area contributed by atoms with E-state index >= 15 is 0 Å². The lowest BCUT2D eigenvalue weighted by atomic mass is 9.82. The number of hydrogen-bond acceptors (Lipinski definition) is 3. The van der Waals surface area contributed by atoms with Crippen LogP contribution < -0.4 is 5.32 Å². The van der Waals surface area contributed by atoms with E-state index in [0.717, 1.165) is 19.0 Å². The van der Waals surface area contributed by atoms with Gasteiger partial charge in [0.1, 0.15) is 6.04 Å². The minimum atomic E-state index is -0.669. The minimum absolute atomic E-state index is 0.313. The standard InChI is InChI=1S/C14H26N2O2/c1-2-3-11-4-6-12(7-5-11)16-9-8-15-10-13(16)14(17)18/h11-13,15H,2-10H2,1H3,(H,17,18). The van der Waals surface area contributed by atoms with Crippen molar-refractivity contribution in [2.24, 2.45) is 5.92 Å². The highest BCUT2D eigenvalue weighted by atomic mass is 16.4. The molecule has 0 aromatic carbocycles. The van der Waals surface area contributed by atoms with Crippen molar-refractivity contribution in [2.45, 2.75) is 57.5 Å². The molecule has 1 saturated carbocycles. The first-order valence-corrected chi connectivity index (χ1v) is 7.41. The Bertz CT molecular complexity index is 275. The molecule has 1 saturated heterocycles. The van der Waals surface area contributed by atoms with Crippen LogP contribution in [0.2, 0.25) is 0 Å². The zero-order valence-electron chi connectivity index (χ0n) is 11.4. The van der Waals surface area contributed by atoms with Gasteiger partial charge in [0.25, 0.3) is 0 Å². The molecule has 0 aromatic rings. The van der Waals surface area contributed by atoms with Crippen LogP contribution >= 0.6 is 0 Å². The van der Waals surface area contributed by atoms with Crippen molar-refractivity contribution >= 4 is 5.97 Å². The lowest BCUT2D eigenvalue weighted by Gasteiger charge is -2.42. The molecular formula is C14H26N2O2. The second-order valence-corrected chi connectivity index (χ2v) is 5.76. The molecule has 0 amide bonds. The zero-order chi connectivity index (χ0) is 13.0. The number of carbonyl (C=O) groups is 1. The Morgan fingerprint density at radius 2 is 2.06 bits per heavy atom. The summed E-state index contributed by atoms with van der Waals surface area (Å²) >= 11 is 0. The predicted molar refractivity (Wildman–Crippen MR) is 71.7 cm³/mol. The van der Waals surface area contributed by atoms with Gasteiger partial charge < -0.3 is 10.4 Å². The molecule has 18 heavy (non-hydrogen) atoms. The monoisotopic (exact) mass is 254 g/mol. The van der Waals surface area contributed by atoms with Gasteiger partial charge in [-0.15, -0.1) is 0 Å². The van der Waals surface area contributed by atoms with Crippen LogP contribution in [-0.2, 0) is 4.79 Å². The zero-order valence-corrected chi connectivity index (χ0v) is 11.4. The molecule has 1 heterocycles. The van der Waals surface area contributed by atoms with E-state index in [2.05, 4.69) is 17.1 Å². The molecule has 1 aliphatic heterocycles. The molecule has 0 radical (unpaired) electrons. The number of nitrogens with zero attached hydrogens (tertiary/aromatic N) is 1. The highest BCUT2D eigenvalue weighted by Crippen LogP contribution is 2.31. The fourth-order valence-corrected chi connectivity index (χ4v) is 3.56. The summed E-state index contributed by atoms with van der Waals surface area (Å²) in [6.45, 7) is 4.67. The number of aliphatic carboxylic acids is 1. The summed E-state index contributed by atoms with van der Waals surface area (Å²) < 4.78 is 0. The third-order valence-corrected chi connectivity index (χ3v) is 4.55. The summed E-state index contributed by atoms with van der Waals surface area (Å²) in [6.07, 6.45) is 7.57. The molecule has 2 aliphatic rings. The van der Waals surface area contributed by atoms with Crippen LogP contribution in [0.15, 0.2) is 0 Å². The predicted octanol–water partition coefficient (Wildman–Crippen LogP) is 1.70. The lowest BCUT2D eigenvalue weighted by molar-refractivity contribution is -0.145. The van der Waals surface area contributed by atoms with Crippen LogP contribution in [0.4, 0.5) is 0 Å². The first kappa shape index (κ1) is 13.8. The summed E-state index contributed by atoms with van der Waals surface area (Å²) in [5, 5.41) is 12.5. The fraction of sp³-hybridized carbons (Fsp3) is 0.929. The number of carboxylic acid groups (broad SMARTS) is 1. The Labute approximate surface area is 110 Å². The maximum Gasteiger partial charge on any atom is 0.322 e. The molecular weight excluding hydrogens is 228 g/mol. The van der Waals surface area contributed by atoms with Gasteiger partial charge in [-0.1, -0.05) is 19.8 Å². The van der Waals surface area contributed by atoms with E-state index in [1.165, 1.54) is 38.5 Å². The van der Waals surface area contributed by atoms with Gasteiger partial charge >= 0.3 is 5.97 Å². The second-order valence-electron chi connectivity index (χ2n) is 5.76.